The van der Waals surface area contributed by atoms with E-state index in [4.69, 9.17) is 16.7 Å². The van der Waals surface area contributed by atoms with Crippen molar-refractivity contribution < 1.29 is 0 Å². The van der Waals surface area contributed by atoms with Gasteiger partial charge in [-0.2, -0.15) is 10.2 Å². The van der Waals surface area contributed by atoms with Crippen molar-refractivity contribution in [2.45, 2.75) is 6.42 Å². The van der Waals surface area contributed by atoms with E-state index in [1.165, 1.54) is 6.07 Å². The number of hydrogen-bond donors (Lipinski definition) is 2. The zero-order chi connectivity index (χ0) is 8.27. The molecule has 0 saturated heterocycles. The minimum atomic E-state index is 0.107. The lowest BCUT2D eigenvalue weighted by Gasteiger charge is -1.97. The van der Waals surface area contributed by atoms with E-state index in [1.807, 2.05) is 6.07 Å². The molecule has 0 aromatic carbocycles. The first-order chi connectivity index (χ1) is 5.22. The topological polar surface area (TPSA) is 102 Å². The standard InChI is InChI=1S/C6H7N5/c7-2-1-4-3-5(8)11-6(9)10-4/h3H,1H2,(H4,8,9,10,11). The summed E-state index contributed by atoms with van der Waals surface area (Å²) < 4.78 is 0. The zero-order valence-corrected chi connectivity index (χ0v) is 5.78. The fraction of sp³-hybridized carbons (Fsp3) is 0.167. The van der Waals surface area contributed by atoms with Crippen LogP contribution in [0.1, 0.15) is 5.69 Å². The van der Waals surface area contributed by atoms with Gasteiger partial charge in [0, 0.05) is 6.07 Å². The first-order valence-corrected chi connectivity index (χ1v) is 2.98. The largest absolute Gasteiger partial charge is 0.384 e. The van der Waals surface area contributed by atoms with Gasteiger partial charge in [0.1, 0.15) is 5.82 Å². The van der Waals surface area contributed by atoms with Crippen LogP contribution >= 0.6 is 0 Å². The Labute approximate surface area is 63.7 Å². The molecule has 0 spiro atoms. The minimum absolute atomic E-state index is 0.107. The van der Waals surface area contributed by atoms with Crippen molar-refractivity contribution in [1.29, 1.82) is 5.26 Å². The number of hydrogen-bond acceptors (Lipinski definition) is 5. The van der Waals surface area contributed by atoms with Gasteiger partial charge >= 0.3 is 0 Å². The highest BCUT2D eigenvalue weighted by atomic mass is 15.0. The molecule has 0 saturated carbocycles. The molecule has 11 heavy (non-hydrogen) atoms. The summed E-state index contributed by atoms with van der Waals surface area (Å²) >= 11 is 0. The third kappa shape index (κ3) is 1.79. The lowest BCUT2D eigenvalue weighted by molar-refractivity contribution is 1.07. The highest BCUT2D eigenvalue weighted by Crippen LogP contribution is 2.03. The van der Waals surface area contributed by atoms with E-state index in [9.17, 15) is 0 Å². The molecule has 0 atom stereocenters. The van der Waals surface area contributed by atoms with E-state index in [1.54, 1.807) is 0 Å². The van der Waals surface area contributed by atoms with Gasteiger partial charge in [-0.1, -0.05) is 0 Å². The molecule has 1 aromatic rings. The zero-order valence-electron chi connectivity index (χ0n) is 5.78. The third-order valence-corrected chi connectivity index (χ3v) is 1.08. The fourth-order valence-corrected chi connectivity index (χ4v) is 0.711. The van der Waals surface area contributed by atoms with Gasteiger partial charge < -0.3 is 11.5 Å². The van der Waals surface area contributed by atoms with E-state index < -0.39 is 0 Å². The SMILES string of the molecule is N#CCc1cc(N)nc(N)n1. The molecule has 0 bridgehead atoms. The Kier molecular flexibility index (Phi) is 1.88. The molecule has 5 nitrogen and oxygen atoms in total. The van der Waals surface area contributed by atoms with Gasteiger partial charge in [-0.05, 0) is 0 Å². The Morgan fingerprint density at radius 2 is 2.18 bits per heavy atom. The lowest BCUT2D eigenvalue weighted by atomic mass is 10.3. The van der Waals surface area contributed by atoms with Crippen molar-refractivity contribution >= 4 is 11.8 Å². The van der Waals surface area contributed by atoms with E-state index in [2.05, 4.69) is 9.97 Å². The van der Waals surface area contributed by atoms with Crippen LogP contribution in [0.5, 0.6) is 0 Å². The van der Waals surface area contributed by atoms with Crippen molar-refractivity contribution in [1.82, 2.24) is 9.97 Å². The predicted octanol–water partition coefficient (Wildman–Crippen LogP) is -0.293. The maximum Gasteiger partial charge on any atom is 0.222 e. The maximum atomic E-state index is 8.31. The van der Waals surface area contributed by atoms with Crippen molar-refractivity contribution in [3.8, 4) is 6.07 Å². The van der Waals surface area contributed by atoms with Gasteiger partial charge in [0.05, 0.1) is 18.2 Å². The van der Waals surface area contributed by atoms with Crippen molar-refractivity contribution in [2.24, 2.45) is 0 Å². The Hall–Kier alpha value is -1.83. The quantitative estimate of drug-likeness (QED) is 0.571. The van der Waals surface area contributed by atoms with Crippen LogP contribution in [0, 0.1) is 11.3 Å². The summed E-state index contributed by atoms with van der Waals surface area (Å²) in [6.45, 7) is 0. The van der Waals surface area contributed by atoms with Crippen molar-refractivity contribution in [2.75, 3.05) is 11.5 Å². The monoisotopic (exact) mass is 149 g/mol. The predicted molar refractivity (Wildman–Crippen MR) is 40.2 cm³/mol. The summed E-state index contributed by atoms with van der Waals surface area (Å²) in [5, 5.41) is 8.31. The van der Waals surface area contributed by atoms with Crippen LogP contribution < -0.4 is 11.5 Å². The van der Waals surface area contributed by atoms with Crippen LogP contribution in [0.3, 0.4) is 0 Å². The molecule has 0 amide bonds. The van der Waals surface area contributed by atoms with Crippen LogP contribution in [0.4, 0.5) is 11.8 Å². The molecule has 1 heterocycles. The van der Waals surface area contributed by atoms with E-state index in [-0.39, 0.29) is 12.4 Å². The number of nitrogens with two attached hydrogens (primary N) is 2. The third-order valence-electron chi connectivity index (χ3n) is 1.08. The number of rotatable bonds is 1. The number of nitriles is 1. The Balaban J connectivity index is 3.01. The first-order valence-electron chi connectivity index (χ1n) is 2.98. The van der Waals surface area contributed by atoms with E-state index in [0.29, 0.717) is 11.5 Å². The van der Waals surface area contributed by atoms with Gasteiger partial charge in [0.2, 0.25) is 5.95 Å². The van der Waals surface area contributed by atoms with E-state index >= 15 is 0 Å². The normalized spacial score (nSPS) is 9.00. The molecule has 4 N–H and O–H groups in total. The average Bonchev–Trinajstić information content (AvgIpc) is 1.85. The van der Waals surface area contributed by atoms with Gasteiger partial charge in [0.15, 0.2) is 0 Å². The maximum absolute atomic E-state index is 8.31. The highest BCUT2D eigenvalue weighted by Gasteiger charge is 1.97. The highest BCUT2D eigenvalue weighted by molar-refractivity contribution is 5.36. The number of aromatic nitrogens is 2. The van der Waals surface area contributed by atoms with Crippen LogP contribution in [0.2, 0.25) is 0 Å². The fourth-order valence-electron chi connectivity index (χ4n) is 0.711. The lowest BCUT2D eigenvalue weighted by Crippen LogP contribution is -2.02. The molecular weight excluding hydrogens is 142 g/mol. The molecule has 0 radical (unpaired) electrons. The Morgan fingerprint density at radius 3 is 2.73 bits per heavy atom. The molecule has 1 rings (SSSR count). The average molecular weight is 149 g/mol. The molecule has 0 aliphatic rings. The summed E-state index contributed by atoms with van der Waals surface area (Å²) in [7, 11) is 0. The first kappa shape index (κ1) is 7.28. The second-order valence-corrected chi connectivity index (χ2v) is 1.98. The van der Waals surface area contributed by atoms with Crippen LogP contribution in [-0.4, -0.2) is 9.97 Å². The summed E-state index contributed by atoms with van der Waals surface area (Å²) in [6.07, 6.45) is 0.205. The summed E-state index contributed by atoms with van der Waals surface area (Å²) in [5.41, 5.74) is 11.2. The van der Waals surface area contributed by atoms with Gasteiger partial charge in [-0.3, -0.25) is 0 Å². The summed E-state index contributed by atoms with van der Waals surface area (Å²) in [6, 6.07) is 3.46. The summed E-state index contributed by atoms with van der Waals surface area (Å²) in [4.78, 5) is 7.44. The van der Waals surface area contributed by atoms with Gasteiger partial charge in [-0.15, -0.1) is 0 Å². The van der Waals surface area contributed by atoms with Gasteiger partial charge in [-0.25, -0.2) is 4.98 Å². The Bertz CT molecular complexity index is 280. The smallest absolute Gasteiger partial charge is 0.222 e. The molecule has 0 aliphatic carbocycles. The summed E-state index contributed by atoms with van der Waals surface area (Å²) in [5.74, 6) is 0.401. The second-order valence-electron chi connectivity index (χ2n) is 1.98. The molecule has 0 aliphatic heterocycles. The minimum Gasteiger partial charge on any atom is -0.384 e. The molecule has 0 fully saturated rings. The number of nitrogen functional groups attached to an aromatic ring is 2. The van der Waals surface area contributed by atoms with Crippen molar-refractivity contribution in [3.05, 3.63) is 11.8 Å². The van der Waals surface area contributed by atoms with Crippen LogP contribution in [0.15, 0.2) is 6.07 Å². The van der Waals surface area contributed by atoms with Crippen LogP contribution in [-0.2, 0) is 6.42 Å². The van der Waals surface area contributed by atoms with E-state index in [0.717, 1.165) is 0 Å². The van der Waals surface area contributed by atoms with Crippen molar-refractivity contribution in [3.63, 3.8) is 0 Å². The number of anilines is 2. The molecule has 1 aromatic heterocycles. The van der Waals surface area contributed by atoms with Gasteiger partial charge in [0.25, 0.3) is 0 Å². The number of nitrogens with zero attached hydrogens (tertiary/aromatic N) is 3. The molecule has 56 valence electrons. The molecule has 5 heteroatoms. The molecule has 0 unspecified atom stereocenters. The van der Waals surface area contributed by atoms with Crippen LogP contribution in [0.25, 0.3) is 0 Å². The second kappa shape index (κ2) is 2.84. The Morgan fingerprint density at radius 1 is 1.45 bits per heavy atom. The molecular formula is C6H7N5.